The molecule has 172 valence electrons. The minimum atomic E-state index is -1.28. The van der Waals surface area contributed by atoms with Gasteiger partial charge in [0.1, 0.15) is 0 Å². The first-order valence-corrected chi connectivity index (χ1v) is 12.0. The maximum atomic E-state index is 12.7. The van der Waals surface area contributed by atoms with Crippen LogP contribution >= 0.6 is 0 Å². The highest BCUT2D eigenvalue weighted by Gasteiger charge is 2.43. The van der Waals surface area contributed by atoms with Crippen molar-refractivity contribution < 1.29 is 24.2 Å². The van der Waals surface area contributed by atoms with E-state index in [1.807, 2.05) is 0 Å². The standard InChI is InChI=1S/C24H46O5/c1-4-6-8-10-12-16-20-28-22(26)24(3,18-14-15-19-25)23(27)29-21-17-13-11-9-7-5-2/h25H,4-21H2,1-3H3. The Morgan fingerprint density at radius 3 is 1.48 bits per heavy atom. The van der Waals surface area contributed by atoms with Crippen LogP contribution in [0.15, 0.2) is 0 Å². The van der Waals surface area contributed by atoms with Gasteiger partial charge in [-0.05, 0) is 39.0 Å². The second-order valence-corrected chi connectivity index (χ2v) is 8.32. The number of esters is 2. The number of rotatable bonds is 20. The molecular formula is C24H46O5. The number of carbonyl (C=O) groups is 2. The van der Waals surface area contributed by atoms with Crippen LogP contribution in [0.2, 0.25) is 0 Å². The van der Waals surface area contributed by atoms with Gasteiger partial charge in [-0.3, -0.25) is 9.59 Å². The molecule has 5 heteroatoms. The third-order valence-corrected chi connectivity index (χ3v) is 5.45. The van der Waals surface area contributed by atoms with Crippen molar-refractivity contribution in [1.82, 2.24) is 0 Å². The molecule has 0 atom stereocenters. The number of hydrogen-bond donors (Lipinski definition) is 1. The minimum Gasteiger partial charge on any atom is -0.465 e. The highest BCUT2D eigenvalue weighted by molar-refractivity contribution is 5.99. The fourth-order valence-corrected chi connectivity index (χ4v) is 3.29. The van der Waals surface area contributed by atoms with E-state index in [1.165, 1.54) is 38.5 Å². The lowest BCUT2D eigenvalue weighted by Gasteiger charge is -2.25. The minimum absolute atomic E-state index is 0.0513. The van der Waals surface area contributed by atoms with Crippen molar-refractivity contribution in [3.05, 3.63) is 0 Å². The molecule has 0 aliphatic heterocycles. The molecule has 0 radical (unpaired) electrons. The summed E-state index contributed by atoms with van der Waals surface area (Å²) in [6, 6.07) is 0. The second kappa shape index (κ2) is 18.9. The molecule has 0 saturated heterocycles. The lowest BCUT2D eigenvalue weighted by molar-refractivity contribution is -0.172. The van der Waals surface area contributed by atoms with Crippen LogP contribution in [0.1, 0.15) is 117 Å². The number of aliphatic hydroxyl groups excluding tert-OH is 1. The first-order chi connectivity index (χ1) is 14.0. The zero-order valence-corrected chi connectivity index (χ0v) is 19.3. The number of aliphatic hydroxyl groups is 1. The van der Waals surface area contributed by atoms with Gasteiger partial charge in [0, 0.05) is 6.61 Å². The monoisotopic (exact) mass is 414 g/mol. The molecule has 0 fully saturated rings. The summed E-state index contributed by atoms with van der Waals surface area (Å²) < 4.78 is 10.9. The van der Waals surface area contributed by atoms with Crippen LogP contribution in [0.5, 0.6) is 0 Å². The van der Waals surface area contributed by atoms with Gasteiger partial charge in [0.15, 0.2) is 5.41 Å². The molecule has 5 nitrogen and oxygen atoms in total. The highest BCUT2D eigenvalue weighted by atomic mass is 16.6. The summed E-state index contributed by atoms with van der Waals surface area (Å²) in [5.41, 5.74) is -1.28. The lowest BCUT2D eigenvalue weighted by Crippen LogP contribution is -2.39. The molecule has 0 aromatic heterocycles. The molecular weight excluding hydrogens is 368 g/mol. The smallest absolute Gasteiger partial charge is 0.323 e. The Bertz CT molecular complexity index is 378. The summed E-state index contributed by atoms with van der Waals surface area (Å²) in [6.45, 7) is 6.75. The molecule has 0 heterocycles. The Labute approximate surface area is 178 Å². The van der Waals surface area contributed by atoms with Crippen LogP contribution < -0.4 is 0 Å². The molecule has 0 saturated carbocycles. The van der Waals surface area contributed by atoms with Crippen LogP contribution in [0.25, 0.3) is 0 Å². The van der Waals surface area contributed by atoms with E-state index in [0.717, 1.165) is 38.5 Å². The molecule has 0 aromatic rings. The van der Waals surface area contributed by atoms with Gasteiger partial charge in [-0.1, -0.05) is 78.1 Å². The fraction of sp³-hybridized carbons (Fsp3) is 0.917. The fourth-order valence-electron chi connectivity index (χ4n) is 3.29. The number of ether oxygens (including phenoxy) is 2. The molecule has 0 spiro atoms. The Kier molecular flexibility index (Phi) is 18.2. The zero-order chi connectivity index (χ0) is 21.8. The van der Waals surface area contributed by atoms with Crippen LogP contribution in [-0.2, 0) is 19.1 Å². The van der Waals surface area contributed by atoms with E-state index in [2.05, 4.69) is 13.8 Å². The molecule has 29 heavy (non-hydrogen) atoms. The summed E-state index contributed by atoms with van der Waals surface area (Å²) in [7, 11) is 0. The van der Waals surface area contributed by atoms with Gasteiger partial charge in [0.05, 0.1) is 13.2 Å². The van der Waals surface area contributed by atoms with Crippen molar-refractivity contribution in [2.45, 2.75) is 117 Å². The molecule has 0 rings (SSSR count). The van der Waals surface area contributed by atoms with Gasteiger partial charge >= 0.3 is 11.9 Å². The van der Waals surface area contributed by atoms with Gasteiger partial charge in [-0.15, -0.1) is 0 Å². The Morgan fingerprint density at radius 2 is 1.07 bits per heavy atom. The average molecular weight is 415 g/mol. The third-order valence-electron chi connectivity index (χ3n) is 5.45. The summed E-state index contributed by atoms with van der Waals surface area (Å²) in [4.78, 5) is 25.3. The van der Waals surface area contributed by atoms with Gasteiger partial charge in [-0.25, -0.2) is 0 Å². The summed E-state index contributed by atoms with van der Waals surface area (Å²) >= 11 is 0. The van der Waals surface area contributed by atoms with E-state index in [-0.39, 0.29) is 6.61 Å². The number of hydrogen-bond acceptors (Lipinski definition) is 5. The maximum absolute atomic E-state index is 12.7. The molecule has 0 bridgehead atoms. The van der Waals surface area contributed by atoms with Gasteiger partial charge in [0.2, 0.25) is 0 Å². The van der Waals surface area contributed by atoms with E-state index in [0.29, 0.717) is 32.5 Å². The van der Waals surface area contributed by atoms with E-state index >= 15 is 0 Å². The van der Waals surface area contributed by atoms with E-state index in [9.17, 15) is 9.59 Å². The summed E-state index contributed by atoms with van der Waals surface area (Å²) in [6.07, 6.45) is 14.9. The summed E-state index contributed by atoms with van der Waals surface area (Å²) in [5, 5.41) is 9.03. The van der Waals surface area contributed by atoms with Crippen LogP contribution in [0.4, 0.5) is 0 Å². The molecule has 0 amide bonds. The van der Waals surface area contributed by atoms with E-state index in [4.69, 9.17) is 14.6 Å². The molecule has 0 aliphatic rings. The summed E-state index contributed by atoms with van der Waals surface area (Å²) in [5.74, 6) is -0.978. The first kappa shape index (κ1) is 27.9. The normalized spacial score (nSPS) is 11.4. The predicted octanol–water partition coefficient (Wildman–Crippen LogP) is 5.96. The third kappa shape index (κ3) is 13.7. The average Bonchev–Trinajstić information content (AvgIpc) is 2.72. The second-order valence-electron chi connectivity index (χ2n) is 8.32. The molecule has 0 aromatic carbocycles. The van der Waals surface area contributed by atoms with Crippen molar-refractivity contribution in [3.8, 4) is 0 Å². The Hall–Kier alpha value is -1.10. The lowest BCUT2D eigenvalue weighted by atomic mass is 9.85. The van der Waals surface area contributed by atoms with E-state index in [1.54, 1.807) is 6.92 Å². The van der Waals surface area contributed by atoms with Crippen LogP contribution in [-0.4, -0.2) is 36.9 Å². The quantitative estimate of drug-likeness (QED) is 0.151. The van der Waals surface area contributed by atoms with Crippen LogP contribution in [0, 0.1) is 5.41 Å². The zero-order valence-electron chi connectivity index (χ0n) is 19.3. The van der Waals surface area contributed by atoms with Crippen molar-refractivity contribution in [1.29, 1.82) is 0 Å². The molecule has 1 N–H and O–H groups in total. The number of unbranched alkanes of at least 4 members (excludes halogenated alkanes) is 11. The highest BCUT2D eigenvalue weighted by Crippen LogP contribution is 2.28. The SMILES string of the molecule is CCCCCCCCOC(=O)C(C)(CCCCO)C(=O)OCCCCCCCC. The maximum Gasteiger partial charge on any atom is 0.323 e. The Morgan fingerprint density at radius 1 is 0.655 bits per heavy atom. The largest absolute Gasteiger partial charge is 0.465 e. The van der Waals surface area contributed by atoms with Crippen molar-refractivity contribution in [2.24, 2.45) is 5.41 Å². The molecule has 0 aliphatic carbocycles. The van der Waals surface area contributed by atoms with Crippen molar-refractivity contribution >= 4 is 11.9 Å². The van der Waals surface area contributed by atoms with Gasteiger partial charge in [-0.2, -0.15) is 0 Å². The van der Waals surface area contributed by atoms with Crippen LogP contribution in [0.3, 0.4) is 0 Å². The van der Waals surface area contributed by atoms with E-state index < -0.39 is 17.4 Å². The van der Waals surface area contributed by atoms with Gasteiger partial charge in [0.25, 0.3) is 0 Å². The first-order valence-electron chi connectivity index (χ1n) is 12.0. The predicted molar refractivity (Wildman–Crippen MR) is 118 cm³/mol. The van der Waals surface area contributed by atoms with Gasteiger partial charge < -0.3 is 14.6 Å². The molecule has 0 unspecified atom stereocenters. The van der Waals surface area contributed by atoms with Crippen molar-refractivity contribution in [3.63, 3.8) is 0 Å². The number of carbonyl (C=O) groups excluding carboxylic acids is 2. The topological polar surface area (TPSA) is 72.8 Å². The Balaban J connectivity index is 4.37. The van der Waals surface area contributed by atoms with Crippen molar-refractivity contribution in [2.75, 3.05) is 19.8 Å².